The number of para-hydroxylation sites is 1. The number of thioether (sulfide) groups is 2. The zero-order valence-corrected chi connectivity index (χ0v) is 16.3. The minimum Gasteiger partial charge on any atom is -0.325 e. The highest BCUT2D eigenvalue weighted by Crippen LogP contribution is 2.34. The molecule has 6 heteroatoms. The Kier molecular flexibility index (Phi) is 5.66. The van der Waals surface area contributed by atoms with Gasteiger partial charge >= 0.3 is 0 Å². The Labute approximate surface area is 157 Å². The van der Waals surface area contributed by atoms with E-state index >= 15 is 0 Å². The molecule has 0 saturated heterocycles. The van der Waals surface area contributed by atoms with Crippen molar-refractivity contribution in [1.82, 2.24) is 0 Å². The first-order chi connectivity index (χ1) is 11.1. The number of anilines is 1. The van der Waals surface area contributed by atoms with E-state index in [2.05, 4.69) is 45.0 Å². The summed E-state index contributed by atoms with van der Waals surface area (Å²) in [5.74, 6) is 1.29. The number of carbonyl (C=O) groups excluding carboxylic acids is 1. The molecular formula is C17H15IN2OS2. The summed E-state index contributed by atoms with van der Waals surface area (Å²) in [6.45, 7) is 2.00. The maximum atomic E-state index is 12.1. The molecule has 1 amide bonds. The predicted molar refractivity (Wildman–Crippen MR) is 110 cm³/mol. The lowest BCUT2D eigenvalue weighted by molar-refractivity contribution is -0.113. The van der Waals surface area contributed by atoms with Crippen LogP contribution in [0.5, 0.6) is 0 Å². The Balaban J connectivity index is 1.58. The molecule has 118 valence electrons. The Hall–Kier alpha value is -0.990. The van der Waals surface area contributed by atoms with Gasteiger partial charge in [-0.3, -0.25) is 4.79 Å². The molecule has 23 heavy (non-hydrogen) atoms. The van der Waals surface area contributed by atoms with Gasteiger partial charge in [0.1, 0.15) is 4.38 Å². The Morgan fingerprint density at radius 1 is 1.35 bits per heavy atom. The fourth-order valence-electron chi connectivity index (χ4n) is 2.17. The lowest BCUT2D eigenvalue weighted by Crippen LogP contribution is -2.16. The van der Waals surface area contributed by atoms with Crippen LogP contribution in [0.15, 0.2) is 47.5 Å². The van der Waals surface area contributed by atoms with E-state index in [4.69, 9.17) is 0 Å². The van der Waals surface area contributed by atoms with Crippen molar-refractivity contribution in [1.29, 1.82) is 0 Å². The van der Waals surface area contributed by atoms with Gasteiger partial charge in [-0.1, -0.05) is 41.7 Å². The molecule has 1 heterocycles. The number of carbonyl (C=O) groups is 1. The molecule has 0 aromatic heterocycles. The highest BCUT2D eigenvalue weighted by atomic mass is 127. The van der Waals surface area contributed by atoms with E-state index in [1.165, 1.54) is 20.9 Å². The molecule has 2 aromatic rings. The second-order valence-corrected chi connectivity index (χ2v) is 8.52. The van der Waals surface area contributed by atoms with Crippen LogP contribution in [0.3, 0.4) is 0 Å². The fraction of sp³-hybridized carbons (Fsp3) is 0.176. The van der Waals surface area contributed by atoms with Crippen molar-refractivity contribution < 1.29 is 4.79 Å². The van der Waals surface area contributed by atoms with Crippen LogP contribution < -0.4 is 5.32 Å². The van der Waals surface area contributed by atoms with E-state index in [0.29, 0.717) is 5.75 Å². The van der Waals surface area contributed by atoms with Gasteiger partial charge in [0.2, 0.25) is 5.91 Å². The van der Waals surface area contributed by atoms with Crippen LogP contribution in [0.25, 0.3) is 0 Å². The highest BCUT2D eigenvalue weighted by Gasteiger charge is 2.14. The van der Waals surface area contributed by atoms with Gasteiger partial charge in [0.25, 0.3) is 0 Å². The highest BCUT2D eigenvalue weighted by molar-refractivity contribution is 14.1. The largest absolute Gasteiger partial charge is 0.325 e. The third-order valence-corrected chi connectivity index (χ3v) is 6.26. The molecule has 3 nitrogen and oxygen atoms in total. The summed E-state index contributed by atoms with van der Waals surface area (Å²) in [4.78, 5) is 16.8. The SMILES string of the molecule is Cc1cc(I)ccc1NC(=O)CSC1=Nc2ccccc2CS1. The molecule has 0 fully saturated rings. The van der Waals surface area contributed by atoms with E-state index < -0.39 is 0 Å². The molecule has 3 rings (SSSR count). The number of nitrogens with zero attached hydrogens (tertiary/aromatic N) is 1. The third kappa shape index (κ3) is 4.51. The number of fused-ring (bicyclic) bond motifs is 1. The summed E-state index contributed by atoms with van der Waals surface area (Å²) in [6.07, 6.45) is 0. The number of aliphatic imine (C=N–C) groups is 1. The fourth-order valence-corrected chi connectivity index (χ4v) is 4.68. The maximum Gasteiger partial charge on any atom is 0.234 e. The van der Waals surface area contributed by atoms with E-state index in [-0.39, 0.29) is 5.91 Å². The van der Waals surface area contributed by atoms with E-state index in [0.717, 1.165) is 27.1 Å². The molecule has 0 spiro atoms. The van der Waals surface area contributed by atoms with Gasteiger partial charge in [-0.15, -0.1) is 0 Å². The van der Waals surface area contributed by atoms with Gasteiger partial charge in [-0.05, 0) is 64.9 Å². The molecule has 0 radical (unpaired) electrons. The summed E-state index contributed by atoms with van der Waals surface area (Å²) in [5.41, 5.74) is 4.22. The number of amides is 1. The molecule has 0 saturated carbocycles. The van der Waals surface area contributed by atoms with Gasteiger partial charge < -0.3 is 5.32 Å². The van der Waals surface area contributed by atoms with Crippen LogP contribution in [-0.4, -0.2) is 16.0 Å². The summed E-state index contributed by atoms with van der Waals surface area (Å²) in [7, 11) is 0. The van der Waals surface area contributed by atoms with Gasteiger partial charge in [0, 0.05) is 15.0 Å². The molecule has 1 aliphatic rings. The lowest BCUT2D eigenvalue weighted by atomic mass is 10.2. The number of hydrogen-bond donors (Lipinski definition) is 1. The molecule has 1 N–H and O–H groups in total. The van der Waals surface area contributed by atoms with Crippen LogP contribution in [0.4, 0.5) is 11.4 Å². The molecular weight excluding hydrogens is 439 g/mol. The van der Waals surface area contributed by atoms with Gasteiger partial charge in [-0.2, -0.15) is 0 Å². The zero-order chi connectivity index (χ0) is 16.2. The molecule has 2 aromatic carbocycles. The van der Waals surface area contributed by atoms with Gasteiger partial charge in [0.05, 0.1) is 11.4 Å². The predicted octanol–water partition coefficient (Wildman–Crippen LogP) is 5.21. The molecule has 0 bridgehead atoms. The number of halogens is 1. The minimum absolute atomic E-state index is 0.00136. The van der Waals surface area contributed by atoms with Crippen LogP contribution in [0, 0.1) is 10.5 Å². The number of aryl methyl sites for hydroxylation is 1. The van der Waals surface area contributed by atoms with E-state index in [1.54, 1.807) is 11.8 Å². The van der Waals surface area contributed by atoms with Crippen LogP contribution >= 0.6 is 46.1 Å². The number of benzene rings is 2. The van der Waals surface area contributed by atoms with Crippen LogP contribution in [0.1, 0.15) is 11.1 Å². The van der Waals surface area contributed by atoms with Crippen LogP contribution in [-0.2, 0) is 10.5 Å². The molecule has 0 unspecified atom stereocenters. The first kappa shape index (κ1) is 16.9. The topological polar surface area (TPSA) is 41.5 Å². The van der Waals surface area contributed by atoms with Crippen molar-refractivity contribution in [3.05, 3.63) is 57.2 Å². The van der Waals surface area contributed by atoms with E-state index in [9.17, 15) is 4.79 Å². The van der Waals surface area contributed by atoms with Crippen molar-refractivity contribution in [2.24, 2.45) is 4.99 Å². The third-order valence-electron chi connectivity index (χ3n) is 3.34. The van der Waals surface area contributed by atoms with Crippen molar-refractivity contribution >= 4 is 67.8 Å². The quantitative estimate of drug-likeness (QED) is 0.648. The van der Waals surface area contributed by atoms with Crippen molar-refractivity contribution in [2.45, 2.75) is 12.7 Å². The summed E-state index contributed by atoms with van der Waals surface area (Å²) in [6, 6.07) is 14.1. The standard InChI is InChI=1S/C17H15IN2OS2/c1-11-8-13(18)6-7-14(11)19-16(21)10-23-17-20-15-5-3-2-4-12(15)9-22-17/h2-8H,9-10H2,1H3,(H,19,21). The first-order valence-corrected chi connectivity index (χ1v) is 10.1. The Bertz CT molecular complexity index is 777. The van der Waals surface area contributed by atoms with E-state index in [1.807, 2.05) is 37.3 Å². The average molecular weight is 454 g/mol. The molecule has 1 aliphatic heterocycles. The smallest absolute Gasteiger partial charge is 0.234 e. The van der Waals surface area contributed by atoms with Gasteiger partial charge in [-0.25, -0.2) is 4.99 Å². The minimum atomic E-state index is 0.00136. The normalized spacial score (nSPS) is 13.2. The van der Waals surface area contributed by atoms with Crippen molar-refractivity contribution in [3.63, 3.8) is 0 Å². The number of rotatable bonds is 3. The Morgan fingerprint density at radius 3 is 3.00 bits per heavy atom. The maximum absolute atomic E-state index is 12.1. The summed E-state index contributed by atoms with van der Waals surface area (Å²) in [5, 5.41) is 2.97. The second-order valence-electron chi connectivity index (χ2n) is 5.09. The lowest BCUT2D eigenvalue weighted by Gasteiger charge is -2.14. The Morgan fingerprint density at radius 2 is 2.17 bits per heavy atom. The number of hydrogen-bond acceptors (Lipinski definition) is 4. The average Bonchev–Trinajstić information content (AvgIpc) is 2.55. The van der Waals surface area contributed by atoms with Crippen molar-refractivity contribution in [3.8, 4) is 0 Å². The van der Waals surface area contributed by atoms with Crippen LogP contribution in [0.2, 0.25) is 0 Å². The van der Waals surface area contributed by atoms with Gasteiger partial charge in [0.15, 0.2) is 0 Å². The molecule has 0 atom stereocenters. The summed E-state index contributed by atoms with van der Waals surface area (Å²) < 4.78 is 2.12. The second kappa shape index (κ2) is 7.72. The van der Waals surface area contributed by atoms with Crippen molar-refractivity contribution in [2.75, 3.05) is 11.1 Å². The summed E-state index contributed by atoms with van der Waals surface area (Å²) >= 11 is 5.45. The number of nitrogens with one attached hydrogen (secondary N) is 1. The zero-order valence-electron chi connectivity index (χ0n) is 12.5. The monoisotopic (exact) mass is 454 g/mol. The molecule has 0 aliphatic carbocycles. The first-order valence-electron chi connectivity index (χ1n) is 7.10.